The third kappa shape index (κ3) is 4.68. The number of carbonyl (C=O) groups is 1. The maximum Gasteiger partial charge on any atom is 0.261 e. The van der Waals surface area contributed by atoms with Crippen LogP contribution in [0.5, 0.6) is 11.5 Å². The Morgan fingerprint density at radius 1 is 1.41 bits per heavy atom. The minimum absolute atomic E-state index is 0.0109. The Balaban J connectivity index is 3.26. The second-order valence-electron chi connectivity index (χ2n) is 4.36. The Morgan fingerprint density at radius 2 is 2.14 bits per heavy atom. The van der Waals surface area contributed by atoms with Crippen molar-refractivity contribution in [3.8, 4) is 17.6 Å². The highest BCUT2D eigenvalue weighted by molar-refractivity contribution is 6.32. The molecule has 0 saturated carbocycles. The van der Waals surface area contributed by atoms with E-state index in [4.69, 9.17) is 26.3 Å². The number of rotatable bonds is 7. The topological polar surface area (TPSA) is 71.3 Å². The molecule has 1 aromatic carbocycles. The van der Waals surface area contributed by atoms with Gasteiger partial charge >= 0.3 is 0 Å². The number of nitriles is 1. The molecule has 0 radical (unpaired) electrons. The van der Waals surface area contributed by atoms with Gasteiger partial charge in [-0.15, -0.1) is 0 Å². The van der Waals surface area contributed by atoms with Crippen molar-refractivity contribution in [2.75, 3.05) is 20.3 Å². The minimum Gasteiger partial charge on any atom is -0.490 e. The van der Waals surface area contributed by atoms with E-state index in [0.717, 1.165) is 6.42 Å². The number of nitrogens with one attached hydrogen (secondary N) is 1. The minimum atomic E-state index is -0.456. The van der Waals surface area contributed by atoms with Crippen LogP contribution in [-0.2, 0) is 4.79 Å². The monoisotopic (exact) mass is 322 g/mol. The van der Waals surface area contributed by atoms with Crippen molar-refractivity contribution in [3.63, 3.8) is 0 Å². The molecule has 0 aromatic heterocycles. The van der Waals surface area contributed by atoms with Crippen LogP contribution in [0, 0.1) is 11.3 Å². The summed E-state index contributed by atoms with van der Waals surface area (Å²) in [4.78, 5) is 11.6. The summed E-state index contributed by atoms with van der Waals surface area (Å²) in [6, 6.07) is 5.18. The van der Waals surface area contributed by atoms with Gasteiger partial charge in [-0.1, -0.05) is 18.5 Å². The van der Waals surface area contributed by atoms with E-state index in [2.05, 4.69) is 5.32 Å². The molecule has 0 unspecified atom stereocenters. The second-order valence-corrected chi connectivity index (χ2v) is 4.77. The van der Waals surface area contributed by atoms with Crippen LogP contribution in [0.25, 0.3) is 6.08 Å². The number of hydrogen-bond acceptors (Lipinski definition) is 4. The Hall–Kier alpha value is -2.19. The number of ether oxygens (including phenoxy) is 2. The molecule has 1 aromatic rings. The summed E-state index contributed by atoms with van der Waals surface area (Å²) in [6.45, 7) is 4.82. The van der Waals surface area contributed by atoms with Crippen LogP contribution in [0.4, 0.5) is 0 Å². The summed E-state index contributed by atoms with van der Waals surface area (Å²) in [5.41, 5.74) is 0.584. The molecule has 0 bridgehead atoms. The zero-order valence-corrected chi connectivity index (χ0v) is 13.7. The average Bonchev–Trinajstić information content (AvgIpc) is 2.51. The van der Waals surface area contributed by atoms with E-state index in [-0.39, 0.29) is 5.57 Å². The second kappa shape index (κ2) is 8.96. The molecule has 0 aliphatic carbocycles. The Kier molecular flexibility index (Phi) is 7.27. The van der Waals surface area contributed by atoms with Crippen LogP contribution < -0.4 is 14.8 Å². The van der Waals surface area contributed by atoms with Gasteiger partial charge in [-0.3, -0.25) is 4.79 Å². The molecule has 1 N–H and O–H groups in total. The summed E-state index contributed by atoms with van der Waals surface area (Å²) < 4.78 is 11.1. The van der Waals surface area contributed by atoms with Crippen LogP contribution in [0.2, 0.25) is 5.02 Å². The third-order valence-electron chi connectivity index (χ3n) is 2.69. The van der Waals surface area contributed by atoms with Crippen LogP contribution in [0.3, 0.4) is 0 Å². The van der Waals surface area contributed by atoms with E-state index >= 15 is 0 Å². The van der Waals surface area contributed by atoms with Gasteiger partial charge in [0.25, 0.3) is 5.91 Å². The molecule has 1 rings (SSSR count). The molecular formula is C16H19ClN2O3. The predicted octanol–water partition coefficient (Wildman–Crippen LogP) is 3.18. The number of halogens is 1. The highest BCUT2D eigenvalue weighted by atomic mass is 35.5. The first-order valence-electron chi connectivity index (χ1n) is 7.00. The summed E-state index contributed by atoms with van der Waals surface area (Å²) in [6.07, 6.45) is 2.30. The standard InChI is InChI=1S/C16H19ClN2O3/c1-4-6-22-15-13(17)8-11(9-14(15)21-5-2)7-12(10-18)16(20)19-3/h7-9H,4-6H2,1-3H3,(H,19,20)/b12-7+. The lowest BCUT2D eigenvalue weighted by atomic mass is 10.1. The van der Waals surface area contributed by atoms with Crippen molar-refractivity contribution in [1.29, 1.82) is 5.26 Å². The largest absolute Gasteiger partial charge is 0.490 e. The maximum atomic E-state index is 11.6. The van der Waals surface area contributed by atoms with Gasteiger partial charge < -0.3 is 14.8 Å². The van der Waals surface area contributed by atoms with E-state index < -0.39 is 5.91 Å². The number of carbonyl (C=O) groups excluding carboxylic acids is 1. The average molecular weight is 323 g/mol. The molecule has 22 heavy (non-hydrogen) atoms. The third-order valence-corrected chi connectivity index (χ3v) is 2.97. The molecule has 1 amide bonds. The quantitative estimate of drug-likeness (QED) is 0.618. The van der Waals surface area contributed by atoms with Gasteiger partial charge in [0, 0.05) is 7.05 Å². The number of nitrogens with zero attached hydrogens (tertiary/aromatic N) is 1. The summed E-state index contributed by atoms with van der Waals surface area (Å²) >= 11 is 6.23. The van der Waals surface area contributed by atoms with E-state index in [9.17, 15) is 4.79 Å². The lowest BCUT2D eigenvalue weighted by molar-refractivity contribution is -0.116. The van der Waals surface area contributed by atoms with E-state index in [1.165, 1.54) is 13.1 Å². The fourth-order valence-electron chi connectivity index (χ4n) is 1.73. The fourth-order valence-corrected chi connectivity index (χ4v) is 2.00. The summed E-state index contributed by atoms with van der Waals surface area (Å²) in [7, 11) is 1.47. The molecule has 0 heterocycles. The van der Waals surface area contributed by atoms with Gasteiger partial charge in [-0.25, -0.2) is 0 Å². The van der Waals surface area contributed by atoms with Gasteiger partial charge in [0.1, 0.15) is 11.6 Å². The first kappa shape index (κ1) is 17.9. The van der Waals surface area contributed by atoms with Crippen molar-refractivity contribution in [1.82, 2.24) is 5.32 Å². The lowest BCUT2D eigenvalue weighted by Crippen LogP contribution is -2.19. The van der Waals surface area contributed by atoms with Gasteiger partial charge in [0.2, 0.25) is 0 Å². The van der Waals surface area contributed by atoms with Crippen molar-refractivity contribution < 1.29 is 14.3 Å². The van der Waals surface area contributed by atoms with Crippen molar-refractivity contribution >= 4 is 23.6 Å². The molecule has 6 heteroatoms. The van der Waals surface area contributed by atoms with Crippen LogP contribution in [-0.4, -0.2) is 26.2 Å². The summed E-state index contributed by atoms with van der Waals surface area (Å²) in [5, 5.41) is 11.8. The molecule has 118 valence electrons. The van der Waals surface area contributed by atoms with Gasteiger partial charge in [0.15, 0.2) is 11.5 Å². The maximum absolute atomic E-state index is 11.6. The highest BCUT2D eigenvalue weighted by Crippen LogP contribution is 2.37. The van der Waals surface area contributed by atoms with Gasteiger partial charge in [0.05, 0.1) is 18.2 Å². The SMILES string of the molecule is CCCOc1c(Cl)cc(/C=C(\C#N)C(=O)NC)cc1OCC. The van der Waals surface area contributed by atoms with Crippen LogP contribution >= 0.6 is 11.6 Å². The van der Waals surface area contributed by atoms with Crippen LogP contribution in [0.15, 0.2) is 17.7 Å². The molecule has 0 aliphatic rings. The zero-order valence-electron chi connectivity index (χ0n) is 12.9. The van der Waals surface area contributed by atoms with Crippen molar-refractivity contribution in [3.05, 3.63) is 28.3 Å². The zero-order chi connectivity index (χ0) is 16.5. The molecule has 0 spiro atoms. The predicted molar refractivity (Wildman–Crippen MR) is 86.1 cm³/mol. The molecule has 0 atom stereocenters. The Labute approximate surface area is 135 Å². The fraction of sp³-hybridized carbons (Fsp3) is 0.375. The van der Waals surface area contributed by atoms with E-state index in [1.54, 1.807) is 12.1 Å². The first-order valence-corrected chi connectivity index (χ1v) is 7.38. The normalized spacial score (nSPS) is 10.8. The van der Waals surface area contributed by atoms with Gasteiger partial charge in [-0.2, -0.15) is 5.26 Å². The highest BCUT2D eigenvalue weighted by Gasteiger charge is 2.13. The van der Waals surface area contributed by atoms with E-state index in [1.807, 2.05) is 19.9 Å². The Bertz CT molecular complexity index is 606. The number of hydrogen-bond donors (Lipinski definition) is 1. The molecule has 0 aliphatic heterocycles. The number of benzene rings is 1. The Morgan fingerprint density at radius 3 is 2.68 bits per heavy atom. The smallest absolute Gasteiger partial charge is 0.261 e. The number of likely N-dealkylation sites (N-methyl/N-ethyl adjacent to an activating group) is 1. The molecule has 5 nitrogen and oxygen atoms in total. The molecule has 0 saturated heterocycles. The molecule has 0 fully saturated rings. The van der Waals surface area contributed by atoms with Crippen molar-refractivity contribution in [2.24, 2.45) is 0 Å². The first-order chi connectivity index (χ1) is 10.6. The lowest BCUT2D eigenvalue weighted by Gasteiger charge is -2.14. The van der Waals surface area contributed by atoms with Crippen molar-refractivity contribution in [2.45, 2.75) is 20.3 Å². The number of amides is 1. The summed E-state index contributed by atoms with van der Waals surface area (Å²) in [5.74, 6) is 0.507. The van der Waals surface area contributed by atoms with E-state index in [0.29, 0.717) is 35.3 Å². The van der Waals surface area contributed by atoms with Gasteiger partial charge in [-0.05, 0) is 37.1 Å². The van der Waals surface area contributed by atoms with Crippen LogP contribution in [0.1, 0.15) is 25.8 Å². The molecular weight excluding hydrogens is 304 g/mol.